The fraction of sp³-hybridized carbons (Fsp3) is 0.714. The summed E-state index contributed by atoms with van der Waals surface area (Å²) in [5.74, 6) is 0.279. The van der Waals surface area contributed by atoms with Crippen LogP contribution in [-0.2, 0) is 11.2 Å². The minimum atomic E-state index is -0.936. The van der Waals surface area contributed by atoms with Crippen molar-refractivity contribution in [3.63, 3.8) is 0 Å². The lowest BCUT2D eigenvalue weighted by atomic mass is 10.2. The van der Waals surface area contributed by atoms with Crippen LogP contribution in [0, 0.1) is 5.92 Å². The third-order valence-electron chi connectivity index (χ3n) is 1.30. The highest BCUT2D eigenvalue weighted by molar-refractivity contribution is 8.18. The fourth-order valence-corrected chi connectivity index (χ4v) is 2.61. The molecule has 0 rings (SSSR count). The maximum Gasteiger partial charge on any atom is 0.204 e. The zero-order chi connectivity index (χ0) is 9.02. The van der Waals surface area contributed by atoms with Crippen molar-refractivity contribution >= 4 is 22.9 Å². The predicted molar refractivity (Wildman–Crippen MR) is 53.6 cm³/mol. The Morgan fingerprint density at radius 2 is 2.00 bits per heavy atom. The Balaban J connectivity index is 4.54. The molecule has 0 aromatic heterocycles. The van der Waals surface area contributed by atoms with Crippen LogP contribution in [0.1, 0.15) is 13.8 Å². The molecule has 66 valence electrons. The van der Waals surface area contributed by atoms with E-state index in [2.05, 4.69) is 0 Å². The molecule has 1 unspecified atom stereocenters. The molecule has 0 aromatic carbocycles. The van der Waals surface area contributed by atoms with Crippen molar-refractivity contribution in [1.29, 1.82) is 0 Å². The quantitative estimate of drug-likeness (QED) is 0.691. The van der Waals surface area contributed by atoms with Crippen LogP contribution < -0.4 is 5.73 Å². The third-order valence-corrected chi connectivity index (χ3v) is 3.87. The average Bonchev–Trinajstić information content (AvgIpc) is 1.88. The average molecular weight is 193 g/mol. The number of nitrogens with two attached hydrogens (primary N) is 1. The van der Waals surface area contributed by atoms with Gasteiger partial charge >= 0.3 is 0 Å². The van der Waals surface area contributed by atoms with Gasteiger partial charge in [-0.15, -0.1) is 0 Å². The Hall–Kier alpha value is 0.200. The van der Waals surface area contributed by atoms with Crippen molar-refractivity contribution in [3.8, 4) is 0 Å². The SMILES string of the molecule is CSC(=C(N)C(C)C)[S+](C)[O-]. The molecule has 0 aliphatic rings. The Bertz CT molecular complexity index is 155. The van der Waals surface area contributed by atoms with Crippen molar-refractivity contribution in [3.05, 3.63) is 9.93 Å². The van der Waals surface area contributed by atoms with E-state index in [0.29, 0.717) is 0 Å². The zero-order valence-corrected chi connectivity index (χ0v) is 9.01. The van der Waals surface area contributed by atoms with E-state index in [-0.39, 0.29) is 5.92 Å². The molecule has 2 N–H and O–H groups in total. The molecule has 2 nitrogen and oxygen atoms in total. The van der Waals surface area contributed by atoms with E-state index in [4.69, 9.17) is 5.73 Å². The topological polar surface area (TPSA) is 49.1 Å². The van der Waals surface area contributed by atoms with E-state index in [1.165, 1.54) is 11.8 Å². The van der Waals surface area contributed by atoms with Gasteiger partial charge < -0.3 is 10.3 Å². The Labute approximate surface area is 75.8 Å². The van der Waals surface area contributed by atoms with Crippen LogP contribution in [0.3, 0.4) is 0 Å². The molecular formula is C7H15NOS2. The van der Waals surface area contributed by atoms with E-state index in [0.717, 1.165) is 9.93 Å². The highest BCUT2D eigenvalue weighted by atomic mass is 32.3. The molecule has 0 bridgehead atoms. The van der Waals surface area contributed by atoms with Gasteiger partial charge in [0.1, 0.15) is 6.26 Å². The molecule has 0 heterocycles. The number of thioether (sulfide) groups is 1. The van der Waals surface area contributed by atoms with Crippen molar-refractivity contribution in [2.45, 2.75) is 13.8 Å². The van der Waals surface area contributed by atoms with E-state index < -0.39 is 11.2 Å². The fourth-order valence-electron chi connectivity index (χ4n) is 0.637. The van der Waals surface area contributed by atoms with E-state index in [9.17, 15) is 4.55 Å². The van der Waals surface area contributed by atoms with Crippen LogP contribution in [0.25, 0.3) is 0 Å². The second-order valence-corrected chi connectivity index (χ2v) is 4.95. The van der Waals surface area contributed by atoms with Crippen LogP contribution in [0.5, 0.6) is 0 Å². The summed E-state index contributed by atoms with van der Waals surface area (Å²) in [6, 6.07) is 0. The second-order valence-electron chi connectivity index (χ2n) is 2.56. The first-order chi connectivity index (χ1) is 5.00. The maximum atomic E-state index is 11.1. The summed E-state index contributed by atoms with van der Waals surface area (Å²) in [7, 11) is 0. The number of allylic oxidation sites excluding steroid dienone is 1. The molecule has 0 aliphatic heterocycles. The zero-order valence-electron chi connectivity index (χ0n) is 7.38. The lowest BCUT2D eigenvalue weighted by molar-refractivity contribution is 0.607. The van der Waals surface area contributed by atoms with Gasteiger partial charge in [-0.3, -0.25) is 0 Å². The largest absolute Gasteiger partial charge is 0.611 e. The Kier molecular flexibility index (Phi) is 5.04. The minimum Gasteiger partial charge on any atom is -0.611 e. The molecule has 0 radical (unpaired) electrons. The van der Waals surface area contributed by atoms with Gasteiger partial charge in [0, 0.05) is 0 Å². The third kappa shape index (κ3) is 3.40. The number of hydrogen-bond donors (Lipinski definition) is 1. The van der Waals surface area contributed by atoms with Gasteiger partial charge in [0.05, 0.1) is 5.70 Å². The minimum absolute atomic E-state index is 0.279. The lowest BCUT2D eigenvalue weighted by Gasteiger charge is -2.12. The first-order valence-electron chi connectivity index (χ1n) is 3.37. The van der Waals surface area contributed by atoms with E-state index >= 15 is 0 Å². The normalized spacial score (nSPS) is 16.5. The van der Waals surface area contributed by atoms with Crippen molar-refractivity contribution in [2.24, 2.45) is 11.7 Å². The van der Waals surface area contributed by atoms with Gasteiger partial charge in [0.15, 0.2) is 0 Å². The smallest absolute Gasteiger partial charge is 0.204 e. The van der Waals surface area contributed by atoms with Crippen LogP contribution in [-0.4, -0.2) is 17.1 Å². The van der Waals surface area contributed by atoms with Crippen LogP contribution in [0.2, 0.25) is 0 Å². The van der Waals surface area contributed by atoms with Crippen LogP contribution in [0.4, 0.5) is 0 Å². The molecular weight excluding hydrogens is 178 g/mol. The van der Waals surface area contributed by atoms with Gasteiger partial charge in [0.2, 0.25) is 4.24 Å². The summed E-state index contributed by atoms with van der Waals surface area (Å²) in [6.07, 6.45) is 3.55. The number of rotatable bonds is 3. The molecule has 11 heavy (non-hydrogen) atoms. The van der Waals surface area contributed by atoms with Gasteiger partial charge in [-0.2, -0.15) is 0 Å². The highest BCUT2D eigenvalue weighted by Gasteiger charge is 2.14. The summed E-state index contributed by atoms with van der Waals surface area (Å²) >= 11 is 0.532. The Morgan fingerprint density at radius 3 is 2.09 bits per heavy atom. The molecule has 1 atom stereocenters. The standard InChI is InChI=1S/C7H15NOS2/c1-5(2)6(8)7(10-3)11(4)9/h5H,8H2,1-4H3. The van der Waals surface area contributed by atoms with Crippen molar-refractivity contribution in [1.82, 2.24) is 0 Å². The predicted octanol–water partition coefficient (Wildman–Crippen LogP) is 1.51. The monoisotopic (exact) mass is 193 g/mol. The molecule has 0 fully saturated rings. The summed E-state index contributed by atoms with van der Waals surface area (Å²) in [4.78, 5) is 0. The molecule has 0 saturated heterocycles. The van der Waals surface area contributed by atoms with Crippen LogP contribution in [0.15, 0.2) is 9.93 Å². The van der Waals surface area contributed by atoms with Crippen LogP contribution >= 0.6 is 11.8 Å². The molecule has 0 aromatic rings. The molecule has 0 saturated carbocycles. The summed E-state index contributed by atoms with van der Waals surface area (Å²) in [5.41, 5.74) is 6.49. The van der Waals surface area contributed by atoms with Crippen molar-refractivity contribution in [2.75, 3.05) is 12.5 Å². The van der Waals surface area contributed by atoms with Gasteiger partial charge in [0.25, 0.3) is 0 Å². The summed E-state index contributed by atoms with van der Waals surface area (Å²) < 4.78 is 11.9. The van der Waals surface area contributed by atoms with Gasteiger partial charge in [-0.05, 0) is 23.3 Å². The first-order valence-corrected chi connectivity index (χ1v) is 6.16. The van der Waals surface area contributed by atoms with Gasteiger partial charge in [-0.25, -0.2) is 0 Å². The highest BCUT2D eigenvalue weighted by Crippen LogP contribution is 2.23. The molecule has 4 heteroatoms. The number of hydrogen-bond acceptors (Lipinski definition) is 3. The lowest BCUT2D eigenvalue weighted by Crippen LogP contribution is -2.12. The molecule has 0 amide bonds. The molecule has 0 aliphatic carbocycles. The second kappa shape index (κ2) is 4.95. The van der Waals surface area contributed by atoms with Gasteiger partial charge in [-0.1, -0.05) is 25.6 Å². The first kappa shape index (κ1) is 11.2. The van der Waals surface area contributed by atoms with E-state index in [1.54, 1.807) is 6.26 Å². The van der Waals surface area contributed by atoms with E-state index in [1.807, 2.05) is 20.1 Å². The summed E-state index contributed by atoms with van der Waals surface area (Å²) in [6.45, 7) is 4.00. The Morgan fingerprint density at radius 1 is 1.55 bits per heavy atom. The summed E-state index contributed by atoms with van der Waals surface area (Å²) in [5, 5.41) is 0. The maximum absolute atomic E-state index is 11.1. The van der Waals surface area contributed by atoms with Crippen molar-refractivity contribution < 1.29 is 4.55 Å². The molecule has 0 spiro atoms.